The van der Waals surface area contributed by atoms with E-state index >= 15 is 0 Å². The molecule has 0 atom stereocenters. The highest BCUT2D eigenvalue weighted by atomic mass is 35.5. The molecule has 0 radical (unpaired) electrons. The molecular weight excluding hydrogens is 422 g/mol. The number of ether oxygens (including phenoxy) is 1. The Morgan fingerprint density at radius 1 is 1.14 bits per heavy atom. The summed E-state index contributed by atoms with van der Waals surface area (Å²) in [6.45, 7) is -0.471. The van der Waals surface area contributed by atoms with Gasteiger partial charge in [0.1, 0.15) is 16.6 Å². The van der Waals surface area contributed by atoms with Crippen LogP contribution >= 0.6 is 35.6 Å². The number of thiocarbonyl (C=S) groups is 1. The van der Waals surface area contributed by atoms with Crippen LogP contribution in [-0.4, -0.2) is 38.7 Å². The zero-order valence-electron chi connectivity index (χ0n) is 14.1. The first-order valence-electron chi connectivity index (χ1n) is 7.88. The second kappa shape index (κ2) is 8.55. The molecule has 0 bridgehead atoms. The normalized spacial score (nSPS) is 15.2. The van der Waals surface area contributed by atoms with Crippen LogP contribution in [0, 0.1) is 0 Å². The number of thioether (sulfide) groups is 1. The zero-order chi connectivity index (χ0) is 20.3. The number of carbonyl (C=O) groups is 3. The van der Waals surface area contributed by atoms with Gasteiger partial charge in [0.25, 0.3) is 5.91 Å². The number of benzene rings is 2. The molecule has 0 aliphatic carbocycles. The van der Waals surface area contributed by atoms with E-state index in [1.165, 1.54) is 0 Å². The molecule has 1 heterocycles. The van der Waals surface area contributed by atoms with Crippen molar-refractivity contribution in [2.45, 2.75) is 0 Å². The second-order valence-electron chi connectivity index (χ2n) is 5.63. The first kappa shape index (κ1) is 20.1. The number of hydrogen-bond acceptors (Lipinski definition) is 6. The molecule has 1 saturated heterocycles. The molecule has 1 aliphatic heterocycles. The molecule has 2 aromatic rings. The third kappa shape index (κ3) is 4.78. The molecule has 0 aromatic heterocycles. The van der Waals surface area contributed by atoms with Gasteiger partial charge in [-0.05, 0) is 48.0 Å². The number of aliphatic carboxylic acids is 1. The molecule has 9 heteroatoms. The van der Waals surface area contributed by atoms with E-state index in [9.17, 15) is 14.4 Å². The Bertz CT molecular complexity index is 986. The van der Waals surface area contributed by atoms with Crippen molar-refractivity contribution in [1.29, 1.82) is 0 Å². The number of hydrogen-bond donors (Lipinski definition) is 1. The van der Waals surface area contributed by atoms with Crippen molar-refractivity contribution in [3.05, 3.63) is 69.6 Å². The Morgan fingerprint density at radius 2 is 1.79 bits per heavy atom. The van der Waals surface area contributed by atoms with Crippen LogP contribution in [-0.2, 0) is 9.59 Å². The van der Waals surface area contributed by atoms with Gasteiger partial charge in [0.2, 0.25) is 0 Å². The average Bonchev–Trinajstić information content (AvgIpc) is 2.91. The zero-order valence-corrected chi connectivity index (χ0v) is 16.5. The second-order valence-corrected chi connectivity index (χ2v) is 7.74. The van der Waals surface area contributed by atoms with Crippen LogP contribution < -0.4 is 4.74 Å². The molecule has 0 unspecified atom stereocenters. The van der Waals surface area contributed by atoms with Crippen LogP contribution in [0.25, 0.3) is 6.08 Å². The molecule has 2 aromatic carbocycles. The molecule has 0 spiro atoms. The van der Waals surface area contributed by atoms with E-state index < -0.39 is 24.4 Å². The van der Waals surface area contributed by atoms with Gasteiger partial charge in [0.05, 0.1) is 10.5 Å². The van der Waals surface area contributed by atoms with Crippen molar-refractivity contribution in [3.63, 3.8) is 0 Å². The monoisotopic (exact) mass is 433 g/mol. The molecule has 1 amide bonds. The molecular formula is C19H12ClNO5S2. The number of carboxylic acids is 1. The van der Waals surface area contributed by atoms with Gasteiger partial charge in [0.15, 0.2) is 0 Å². The minimum atomic E-state index is -1.13. The van der Waals surface area contributed by atoms with Gasteiger partial charge in [0, 0.05) is 5.02 Å². The molecule has 1 N–H and O–H groups in total. The largest absolute Gasteiger partial charge is 0.480 e. The number of esters is 1. The molecule has 0 saturated carbocycles. The van der Waals surface area contributed by atoms with Crippen molar-refractivity contribution in [2.24, 2.45) is 0 Å². The molecule has 3 rings (SSSR count). The van der Waals surface area contributed by atoms with Crippen LogP contribution in [0.1, 0.15) is 15.9 Å². The van der Waals surface area contributed by atoms with Crippen LogP contribution in [0.4, 0.5) is 0 Å². The summed E-state index contributed by atoms with van der Waals surface area (Å²) in [7, 11) is 0. The maximum atomic E-state index is 12.3. The number of amides is 1. The number of carboxylic acid groups (broad SMARTS) is 1. The summed E-state index contributed by atoms with van der Waals surface area (Å²) >= 11 is 11.9. The lowest BCUT2D eigenvalue weighted by molar-refractivity contribution is -0.140. The van der Waals surface area contributed by atoms with Crippen LogP contribution in [0.5, 0.6) is 5.75 Å². The maximum absolute atomic E-state index is 12.3. The van der Waals surface area contributed by atoms with E-state index in [1.54, 1.807) is 54.6 Å². The Labute approximate surface area is 174 Å². The minimum Gasteiger partial charge on any atom is -0.480 e. The lowest BCUT2D eigenvalue weighted by Crippen LogP contribution is -2.33. The Kier molecular flexibility index (Phi) is 6.13. The first-order chi connectivity index (χ1) is 13.3. The van der Waals surface area contributed by atoms with E-state index in [4.69, 9.17) is 33.7 Å². The highest BCUT2D eigenvalue weighted by molar-refractivity contribution is 8.26. The summed E-state index contributed by atoms with van der Waals surface area (Å²) in [5.74, 6) is -1.76. The van der Waals surface area contributed by atoms with Crippen molar-refractivity contribution >= 4 is 63.8 Å². The maximum Gasteiger partial charge on any atom is 0.343 e. The SMILES string of the molecule is O=C(O)CN1C(=O)/C(=C\c2ccc(OC(=O)c3ccc(Cl)cc3)cc2)SC1=S. The van der Waals surface area contributed by atoms with Crippen LogP contribution in [0.15, 0.2) is 53.4 Å². The van der Waals surface area contributed by atoms with E-state index in [2.05, 4.69) is 0 Å². The molecule has 6 nitrogen and oxygen atoms in total. The summed E-state index contributed by atoms with van der Waals surface area (Å²) in [5.41, 5.74) is 1.05. The predicted octanol–water partition coefficient (Wildman–Crippen LogP) is 3.85. The summed E-state index contributed by atoms with van der Waals surface area (Å²) in [5, 5.41) is 9.38. The van der Waals surface area contributed by atoms with Gasteiger partial charge >= 0.3 is 11.9 Å². The fourth-order valence-electron chi connectivity index (χ4n) is 2.31. The van der Waals surface area contributed by atoms with E-state index in [0.29, 0.717) is 26.8 Å². The fraction of sp³-hybridized carbons (Fsp3) is 0.0526. The first-order valence-corrected chi connectivity index (χ1v) is 9.49. The average molecular weight is 434 g/mol. The van der Waals surface area contributed by atoms with E-state index in [1.807, 2.05) is 0 Å². The molecule has 1 aliphatic rings. The highest BCUT2D eigenvalue weighted by Crippen LogP contribution is 2.32. The van der Waals surface area contributed by atoms with Crippen LogP contribution in [0.2, 0.25) is 5.02 Å². The molecule has 142 valence electrons. The topological polar surface area (TPSA) is 83.9 Å². The van der Waals surface area contributed by atoms with E-state index in [-0.39, 0.29) is 4.32 Å². The van der Waals surface area contributed by atoms with Crippen molar-refractivity contribution in [2.75, 3.05) is 6.54 Å². The third-order valence-electron chi connectivity index (χ3n) is 3.64. The minimum absolute atomic E-state index is 0.201. The standard InChI is InChI=1S/C19H12ClNO5S2/c20-13-5-3-12(4-6-13)18(25)26-14-7-1-11(2-8-14)9-15-17(24)21(10-16(22)23)19(27)28-15/h1-9H,10H2,(H,22,23)/b15-9+. The summed E-state index contributed by atoms with van der Waals surface area (Å²) in [6.07, 6.45) is 1.60. The van der Waals surface area contributed by atoms with Gasteiger partial charge in [-0.3, -0.25) is 14.5 Å². The van der Waals surface area contributed by atoms with Crippen molar-refractivity contribution in [1.82, 2.24) is 4.90 Å². The van der Waals surface area contributed by atoms with Gasteiger partial charge in [-0.2, -0.15) is 0 Å². The Hall–Kier alpha value is -2.68. The van der Waals surface area contributed by atoms with Crippen molar-refractivity contribution < 1.29 is 24.2 Å². The van der Waals surface area contributed by atoms with Gasteiger partial charge in [-0.1, -0.05) is 47.7 Å². The van der Waals surface area contributed by atoms with Crippen molar-refractivity contribution in [3.8, 4) is 5.75 Å². The smallest absolute Gasteiger partial charge is 0.343 e. The molecule has 1 fully saturated rings. The lowest BCUT2D eigenvalue weighted by atomic mass is 10.2. The van der Waals surface area contributed by atoms with E-state index in [0.717, 1.165) is 16.7 Å². The van der Waals surface area contributed by atoms with Gasteiger partial charge in [-0.15, -0.1) is 0 Å². The quantitative estimate of drug-likeness (QED) is 0.332. The molecule has 28 heavy (non-hydrogen) atoms. The summed E-state index contributed by atoms with van der Waals surface area (Å²) < 4.78 is 5.50. The highest BCUT2D eigenvalue weighted by Gasteiger charge is 2.33. The number of halogens is 1. The third-order valence-corrected chi connectivity index (χ3v) is 5.27. The fourth-order valence-corrected chi connectivity index (χ4v) is 3.69. The Morgan fingerprint density at radius 3 is 2.39 bits per heavy atom. The lowest BCUT2D eigenvalue weighted by Gasteiger charge is -2.10. The summed E-state index contributed by atoms with van der Waals surface area (Å²) in [4.78, 5) is 36.6. The Balaban J connectivity index is 1.69. The number of nitrogens with zero attached hydrogens (tertiary/aromatic N) is 1. The number of carbonyl (C=O) groups excluding carboxylic acids is 2. The predicted molar refractivity (Wildman–Crippen MR) is 110 cm³/mol. The summed E-state index contributed by atoms with van der Waals surface area (Å²) in [6, 6.07) is 12.9. The van der Waals surface area contributed by atoms with Gasteiger partial charge < -0.3 is 9.84 Å². The van der Waals surface area contributed by atoms with Gasteiger partial charge in [-0.25, -0.2) is 4.79 Å². The van der Waals surface area contributed by atoms with Crippen LogP contribution in [0.3, 0.4) is 0 Å². The number of rotatable bonds is 5.